The third-order valence-corrected chi connectivity index (χ3v) is 5.37. The molecule has 1 heteroatoms. The first-order chi connectivity index (χ1) is 6.24. The van der Waals surface area contributed by atoms with Crippen LogP contribution in [-0.4, -0.2) is 5.78 Å². The lowest BCUT2D eigenvalue weighted by molar-refractivity contribution is -0.122. The highest BCUT2D eigenvalue weighted by Gasteiger charge is 2.79. The number of rotatable bonds is 0. The molecule has 6 unspecified atom stereocenters. The van der Waals surface area contributed by atoms with Crippen molar-refractivity contribution in [3.8, 4) is 0 Å². The van der Waals surface area contributed by atoms with Crippen LogP contribution in [0.3, 0.4) is 0 Å². The van der Waals surface area contributed by atoms with Gasteiger partial charge < -0.3 is 0 Å². The molecular formula is C12H14O. The van der Waals surface area contributed by atoms with Crippen LogP contribution in [-0.2, 0) is 4.79 Å². The third-order valence-electron chi connectivity index (χ3n) is 5.37. The molecule has 0 aromatic rings. The quantitative estimate of drug-likeness (QED) is 0.513. The SMILES string of the molecule is CC12C(=O)CC3C4CC=CC4C1C32. The fraction of sp³-hybridized carbons (Fsp3) is 0.750. The third kappa shape index (κ3) is 0.490. The van der Waals surface area contributed by atoms with E-state index >= 15 is 0 Å². The first-order valence-electron chi connectivity index (χ1n) is 5.44. The minimum absolute atomic E-state index is 0.139. The van der Waals surface area contributed by atoms with Crippen LogP contribution in [0.4, 0.5) is 0 Å². The standard InChI is InChI=1S/C12H14O/c1-12-9(13)5-8-6-3-2-4-7(6)10(12)11(8)12/h2,4,6-8,10-11H,3,5H2,1H3. The van der Waals surface area contributed by atoms with Crippen molar-refractivity contribution >= 4 is 5.78 Å². The Morgan fingerprint density at radius 1 is 1.38 bits per heavy atom. The van der Waals surface area contributed by atoms with Crippen LogP contribution in [0.25, 0.3) is 0 Å². The molecule has 13 heavy (non-hydrogen) atoms. The number of hydrogen-bond donors (Lipinski definition) is 0. The van der Waals surface area contributed by atoms with Gasteiger partial charge in [-0.05, 0) is 36.0 Å². The number of ketones is 1. The summed E-state index contributed by atoms with van der Waals surface area (Å²) in [5, 5.41) is 0. The van der Waals surface area contributed by atoms with E-state index in [1.807, 2.05) is 0 Å². The Bertz CT molecular complexity index is 343. The molecule has 0 heterocycles. The van der Waals surface area contributed by atoms with Gasteiger partial charge in [0.1, 0.15) is 5.78 Å². The molecule has 3 saturated carbocycles. The Labute approximate surface area is 78.2 Å². The van der Waals surface area contributed by atoms with Crippen molar-refractivity contribution < 1.29 is 4.79 Å². The van der Waals surface area contributed by atoms with Crippen molar-refractivity contribution in [2.24, 2.45) is 35.0 Å². The Morgan fingerprint density at radius 2 is 2.23 bits per heavy atom. The number of carbonyl (C=O) groups is 1. The van der Waals surface area contributed by atoms with Gasteiger partial charge in [0.25, 0.3) is 0 Å². The Hall–Kier alpha value is -0.590. The maximum Gasteiger partial charge on any atom is 0.139 e. The highest BCUT2D eigenvalue weighted by atomic mass is 16.1. The summed E-state index contributed by atoms with van der Waals surface area (Å²) in [6.45, 7) is 2.22. The van der Waals surface area contributed by atoms with E-state index in [-0.39, 0.29) is 5.41 Å². The van der Waals surface area contributed by atoms with Crippen LogP contribution in [0.1, 0.15) is 19.8 Å². The summed E-state index contributed by atoms with van der Waals surface area (Å²) in [5.74, 6) is 4.53. The van der Waals surface area contributed by atoms with Crippen LogP contribution < -0.4 is 0 Å². The topological polar surface area (TPSA) is 17.1 Å². The van der Waals surface area contributed by atoms with Crippen molar-refractivity contribution in [3.63, 3.8) is 0 Å². The molecule has 0 spiro atoms. The van der Waals surface area contributed by atoms with E-state index in [1.165, 1.54) is 6.42 Å². The molecule has 3 fully saturated rings. The van der Waals surface area contributed by atoms with Gasteiger partial charge in [0.2, 0.25) is 0 Å². The first kappa shape index (κ1) is 6.80. The molecule has 0 saturated heterocycles. The summed E-state index contributed by atoms with van der Waals surface area (Å²) in [7, 11) is 0. The minimum atomic E-state index is 0.139. The molecule has 0 radical (unpaired) electrons. The average molecular weight is 174 g/mol. The molecule has 68 valence electrons. The largest absolute Gasteiger partial charge is 0.299 e. The lowest BCUT2D eigenvalue weighted by Crippen LogP contribution is -2.16. The predicted octanol–water partition coefficient (Wildman–Crippen LogP) is 2.03. The van der Waals surface area contributed by atoms with Crippen LogP contribution in [0.5, 0.6) is 0 Å². The fourth-order valence-electron chi connectivity index (χ4n) is 4.82. The van der Waals surface area contributed by atoms with Gasteiger partial charge in [0, 0.05) is 11.8 Å². The van der Waals surface area contributed by atoms with Gasteiger partial charge in [-0.15, -0.1) is 0 Å². The predicted molar refractivity (Wildman–Crippen MR) is 48.9 cm³/mol. The molecular weight excluding hydrogens is 160 g/mol. The van der Waals surface area contributed by atoms with Crippen molar-refractivity contribution in [1.82, 2.24) is 0 Å². The van der Waals surface area contributed by atoms with E-state index in [4.69, 9.17) is 0 Å². The molecule has 1 nitrogen and oxygen atoms in total. The summed E-state index contributed by atoms with van der Waals surface area (Å²) in [5.41, 5.74) is 0.139. The monoisotopic (exact) mass is 174 g/mol. The van der Waals surface area contributed by atoms with Crippen molar-refractivity contribution in [1.29, 1.82) is 0 Å². The van der Waals surface area contributed by atoms with Gasteiger partial charge in [0.05, 0.1) is 0 Å². The van der Waals surface area contributed by atoms with Crippen LogP contribution >= 0.6 is 0 Å². The van der Waals surface area contributed by atoms with Gasteiger partial charge in [-0.2, -0.15) is 0 Å². The highest BCUT2D eigenvalue weighted by molar-refractivity contribution is 5.92. The molecule has 0 bridgehead atoms. The molecule has 6 atom stereocenters. The number of Topliss-reactive ketones (excluding diaryl/α,β-unsaturated/α-hetero) is 1. The number of allylic oxidation sites excluding steroid dienone is 2. The maximum atomic E-state index is 11.8. The summed E-state index contributed by atoms with van der Waals surface area (Å²) >= 11 is 0. The molecule has 0 N–H and O–H groups in total. The summed E-state index contributed by atoms with van der Waals surface area (Å²) < 4.78 is 0. The number of carbonyl (C=O) groups excluding carboxylic acids is 1. The Balaban J connectivity index is 1.86. The normalized spacial score (nSPS) is 65.6. The van der Waals surface area contributed by atoms with Crippen LogP contribution in [0, 0.1) is 35.0 Å². The fourth-order valence-corrected chi connectivity index (χ4v) is 4.82. The molecule has 0 aromatic heterocycles. The van der Waals surface area contributed by atoms with E-state index in [9.17, 15) is 4.79 Å². The smallest absolute Gasteiger partial charge is 0.139 e. The zero-order valence-corrected chi connectivity index (χ0v) is 7.86. The minimum Gasteiger partial charge on any atom is -0.299 e. The summed E-state index contributed by atoms with van der Waals surface area (Å²) in [4.78, 5) is 11.8. The first-order valence-corrected chi connectivity index (χ1v) is 5.44. The van der Waals surface area contributed by atoms with Gasteiger partial charge in [-0.1, -0.05) is 19.1 Å². The van der Waals surface area contributed by atoms with Gasteiger partial charge >= 0.3 is 0 Å². The second kappa shape index (κ2) is 1.65. The number of fused-ring (bicyclic) bond motifs is 4. The van der Waals surface area contributed by atoms with Crippen LogP contribution in [0.2, 0.25) is 0 Å². The van der Waals surface area contributed by atoms with Crippen molar-refractivity contribution in [2.75, 3.05) is 0 Å². The number of hydrogen-bond acceptors (Lipinski definition) is 1. The second-order valence-corrected chi connectivity index (χ2v) is 5.53. The lowest BCUT2D eigenvalue weighted by Gasteiger charge is -2.19. The van der Waals surface area contributed by atoms with Crippen molar-refractivity contribution in [2.45, 2.75) is 19.8 Å². The van der Waals surface area contributed by atoms with E-state index in [0.29, 0.717) is 5.78 Å². The lowest BCUT2D eigenvalue weighted by atomic mass is 9.85. The Morgan fingerprint density at radius 3 is 3.08 bits per heavy atom. The molecule has 4 rings (SSSR count). The van der Waals surface area contributed by atoms with Gasteiger partial charge in [0.15, 0.2) is 0 Å². The van der Waals surface area contributed by atoms with Crippen LogP contribution in [0.15, 0.2) is 12.2 Å². The summed E-state index contributed by atoms with van der Waals surface area (Å²) in [6.07, 6.45) is 6.89. The molecule has 0 amide bonds. The van der Waals surface area contributed by atoms with E-state index in [1.54, 1.807) is 0 Å². The van der Waals surface area contributed by atoms with E-state index in [2.05, 4.69) is 19.1 Å². The van der Waals surface area contributed by atoms with Gasteiger partial charge in [-0.25, -0.2) is 0 Å². The zero-order chi connectivity index (χ0) is 8.79. The van der Waals surface area contributed by atoms with E-state index < -0.39 is 0 Å². The zero-order valence-electron chi connectivity index (χ0n) is 7.86. The molecule has 0 aromatic carbocycles. The average Bonchev–Trinajstić information content (AvgIpc) is 2.51. The molecule has 4 aliphatic rings. The summed E-state index contributed by atoms with van der Waals surface area (Å²) in [6, 6.07) is 0. The van der Waals surface area contributed by atoms with Gasteiger partial charge in [-0.3, -0.25) is 4.79 Å². The maximum absolute atomic E-state index is 11.8. The second-order valence-electron chi connectivity index (χ2n) is 5.53. The molecule has 0 aliphatic heterocycles. The molecule has 4 aliphatic carbocycles. The highest BCUT2D eigenvalue weighted by Crippen LogP contribution is 2.79. The van der Waals surface area contributed by atoms with E-state index in [0.717, 1.165) is 36.0 Å². The van der Waals surface area contributed by atoms with Crippen molar-refractivity contribution in [3.05, 3.63) is 12.2 Å². The Kier molecular flexibility index (Phi) is 0.861.